The Morgan fingerprint density at radius 3 is 2.46 bits per heavy atom. The molecule has 4 heterocycles. The van der Waals surface area contributed by atoms with Gasteiger partial charge in [-0.3, -0.25) is 9.59 Å². The van der Waals surface area contributed by atoms with Gasteiger partial charge in [-0.25, -0.2) is 14.4 Å². The van der Waals surface area contributed by atoms with Gasteiger partial charge in [-0.15, -0.1) is 0 Å². The molecule has 10 heteroatoms. The van der Waals surface area contributed by atoms with Crippen molar-refractivity contribution in [1.29, 1.82) is 0 Å². The number of rotatable bonds is 5. The minimum atomic E-state index is -0.587. The minimum Gasteiger partial charge on any atom is -0.338 e. The van der Waals surface area contributed by atoms with Gasteiger partial charge in [0.25, 0.3) is 11.1 Å². The Balaban J connectivity index is 1.66. The van der Waals surface area contributed by atoms with Gasteiger partial charge in [-0.1, -0.05) is 27.7 Å². The van der Waals surface area contributed by atoms with Gasteiger partial charge < -0.3 is 14.5 Å². The Labute approximate surface area is 224 Å². The third-order valence-electron chi connectivity index (χ3n) is 6.75. The number of nitrogens with zero attached hydrogens (tertiary/aromatic N) is 6. The molecule has 0 atom stereocenters. The number of imidazole rings is 1. The highest BCUT2D eigenvalue weighted by atomic mass is 19.1. The summed E-state index contributed by atoms with van der Waals surface area (Å²) in [5.74, 6) is 0.270. The summed E-state index contributed by atoms with van der Waals surface area (Å²) in [5.41, 5.74) is 2.32. The molecule has 0 bridgehead atoms. The number of aryl methyl sites for hydroxylation is 2. The maximum atomic E-state index is 15.3. The highest BCUT2D eigenvalue weighted by Crippen LogP contribution is 2.30. The number of benzene rings is 1. The van der Waals surface area contributed by atoms with E-state index in [1.165, 1.54) is 16.8 Å². The van der Waals surface area contributed by atoms with E-state index in [1.807, 2.05) is 46.9 Å². The summed E-state index contributed by atoms with van der Waals surface area (Å²) in [6.07, 6.45) is 8.75. The lowest BCUT2D eigenvalue weighted by molar-refractivity contribution is 0.576. The first-order chi connectivity index (χ1) is 18.5. The van der Waals surface area contributed by atoms with Crippen LogP contribution in [0.5, 0.6) is 0 Å². The summed E-state index contributed by atoms with van der Waals surface area (Å²) >= 11 is 0. The first kappa shape index (κ1) is 26.0. The molecule has 0 aliphatic rings. The second kappa shape index (κ2) is 9.61. The Bertz CT molecular complexity index is 1840. The molecule has 0 saturated carbocycles. The Morgan fingerprint density at radius 2 is 1.79 bits per heavy atom. The van der Waals surface area contributed by atoms with Gasteiger partial charge in [-0.05, 0) is 47.2 Å². The van der Waals surface area contributed by atoms with Gasteiger partial charge in [0.15, 0.2) is 5.82 Å². The molecule has 200 valence electrons. The van der Waals surface area contributed by atoms with Crippen molar-refractivity contribution in [3.63, 3.8) is 0 Å². The molecule has 0 saturated heterocycles. The molecule has 0 amide bonds. The van der Waals surface area contributed by atoms with E-state index in [2.05, 4.69) is 20.4 Å². The Hall–Kier alpha value is -4.60. The molecule has 1 N–H and O–H groups in total. The summed E-state index contributed by atoms with van der Waals surface area (Å²) in [5, 5.41) is 7.89. The van der Waals surface area contributed by atoms with Crippen LogP contribution in [-0.4, -0.2) is 28.9 Å². The van der Waals surface area contributed by atoms with Gasteiger partial charge in [0.2, 0.25) is 0 Å². The highest BCUT2D eigenvalue weighted by molar-refractivity contribution is 5.83. The number of pyridine rings is 2. The Morgan fingerprint density at radius 1 is 1.03 bits per heavy atom. The maximum Gasteiger partial charge on any atom is 0.283 e. The molecule has 0 radical (unpaired) electrons. The van der Waals surface area contributed by atoms with Crippen LogP contribution in [0.15, 0.2) is 65.0 Å². The normalized spacial score (nSPS) is 11.8. The second-order valence-corrected chi connectivity index (χ2v) is 10.7. The fourth-order valence-electron chi connectivity index (χ4n) is 4.66. The number of aromatic nitrogens is 6. The van der Waals surface area contributed by atoms with Crippen LogP contribution < -0.4 is 16.4 Å². The molecule has 9 nitrogen and oxygen atoms in total. The molecule has 0 spiro atoms. The van der Waals surface area contributed by atoms with Crippen LogP contribution in [0.4, 0.5) is 15.9 Å². The molecule has 0 aliphatic heterocycles. The van der Waals surface area contributed by atoms with Crippen LogP contribution in [0.1, 0.15) is 38.8 Å². The van der Waals surface area contributed by atoms with Crippen molar-refractivity contribution in [2.45, 2.75) is 39.5 Å². The molecular weight excluding hydrogens is 497 g/mol. The SMILES string of the molecule is CCc1c(-c2cc(Nc3cn(C)cn3)c(=O)n(C)c2)ccnc1-n1ncc2cc(C(C)(C)C)cc(F)c2c1=O. The summed E-state index contributed by atoms with van der Waals surface area (Å²) in [7, 11) is 3.52. The standard InChI is InChI=1S/C29H30FN7O2/c1-7-20-21(18-11-23(27(38)36(6)14-18)34-24-15-35(5)16-32-24)8-9-31-26(20)37-28(39)25-17(13-33-37)10-19(12-22(25)30)29(2,3)4/h8-16,34H,7H2,1-6H3. The number of nitrogens with one attached hydrogen (secondary N) is 1. The van der Waals surface area contributed by atoms with E-state index in [9.17, 15) is 9.59 Å². The lowest BCUT2D eigenvalue weighted by atomic mass is 9.86. The van der Waals surface area contributed by atoms with E-state index in [4.69, 9.17) is 0 Å². The molecule has 0 aliphatic carbocycles. The maximum absolute atomic E-state index is 15.3. The number of hydrogen-bond acceptors (Lipinski definition) is 6. The summed E-state index contributed by atoms with van der Waals surface area (Å²) < 4.78 is 19.7. The number of anilines is 2. The predicted molar refractivity (Wildman–Crippen MR) is 150 cm³/mol. The van der Waals surface area contributed by atoms with E-state index in [1.54, 1.807) is 42.6 Å². The van der Waals surface area contributed by atoms with E-state index < -0.39 is 11.4 Å². The zero-order valence-corrected chi connectivity index (χ0v) is 22.8. The third-order valence-corrected chi connectivity index (χ3v) is 6.75. The largest absolute Gasteiger partial charge is 0.338 e. The third kappa shape index (κ3) is 4.73. The molecule has 1 aromatic carbocycles. The Kier molecular flexibility index (Phi) is 6.41. The summed E-state index contributed by atoms with van der Waals surface area (Å²) in [6, 6.07) is 6.80. The average Bonchev–Trinajstić information content (AvgIpc) is 3.30. The molecule has 0 fully saturated rings. The van der Waals surface area contributed by atoms with Crippen molar-refractivity contribution in [3.05, 3.63) is 93.0 Å². The van der Waals surface area contributed by atoms with Crippen molar-refractivity contribution >= 4 is 22.3 Å². The van der Waals surface area contributed by atoms with Crippen LogP contribution in [0.25, 0.3) is 27.7 Å². The van der Waals surface area contributed by atoms with Gasteiger partial charge in [0.1, 0.15) is 17.3 Å². The van der Waals surface area contributed by atoms with Crippen LogP contribution >= 0.6 is 0 Å². The van der Waals surface area contributed by atoms with Gasteiger partial charge in [0, 0.05) is 49.2 Å². The fourth-order valence-corrected chi connectivity index (χ4v) is 4.66. The van der Waals surface area contributed by atoms with Crippen molar-refractivity contribution in [2.75, 3.05) is 5.32 Å². The van der Waals surface area contributed by atoms with Crippen molar-refractivity contribution in [1.82, 2.24) is 28.9 Å². The zero-order valence-electron chi connectivity index (χ0n) is 22.8. The van der Waals surface area contributed by atoms with E-state index in [-0.39, 0.29) is 16.4 Å². The van der Waals surface area contributed by atoms with Crippen LogP contribution in [0.2, 0.25) is 0 Å². The topological polar surface area (TPSA) is 99.6 Å². The average molecular weight is 528 g/mol. The van der Waals surface area contributed by atoms with Gasteiger partial charge >= 0.3 is 0 Å². The number of hydrogen-bond donors (Lipinski definition) is 1. The summed E-state index contributed by atoms with van der Waals surface area (Å²) in [4.78, 5) is 35.1. The van der Waals surface area contributed by atoms with E-state index in [0.717, 1.165) is 26.9 Å². The number of fused-ring (bicyclic) bond motifs is 1. The smallest absolute Gasteiger partial charge is 0.283 e. The molecular formula is C29H30FN7O2. The van der Waals surface area contributed by atoms with Gasteiger partial charge in [-0.2, -0.15) is 9.78 Å². The lowest BCUT2D eigenvalue weighted by Gasteiger charge is -2.20. The molecule has 5 aromatic rings. The first-order valence-electron chi connectivity index (χ1n) is 12.6. The van der Waals surface area contributed by atoms with E-state index >= 15 is 4.39 Å². The van der Waals surface area contributed by atoms with Crippen LogP contribution in [0, 0.1) is 5.82 Å². The number of halogens is 1. The van der Waals surface area contributed by atoms with Crippen molar-refractivity contribution in [2.24, 2.45) is 14.1 Å². The van der Waals surface area contributed by atoms with Crippen LogP contribution in [0.3, 0.4) is 0 Å². The predicted octanol–water partition coefficient (Wildman–Crippen LogP) is 4.62. The fraction of sp³-hybridized carbons (Fsp3) is 0.276. The minimum absolute atomic E-state index is 0.0313. The van der Waals surface area contributed by atoms with Crippen molar-refractivity contribution < 1.29 is 4.39 Å². The molecule has 0 unspecified atom stereocenters. The monoisotopic (exact) mass is 527 g/mol. The van der Waals surface area contributed by atoms with E-state index in [0.29, 0.717) is 29.1 Å². The molecule has 4 aromatic heterocycles. The molecule has 5 rings (SSSR count). The lowest BCUT2D eigenvalue weighted by Crippen LogP contribution is -2.25. The first-order valence-corrected chi connectivity index (χ1v) is 12.6. The quantitative estimate of drug-likeness (QED) is 0.358. The summed E-state index contributed by atoms with van der Waals surface area (Å²) in [6.45, 7) is 7.91. The van der Waals surface area contributed by atoms with Crippen molar-refractivity contribution in [3.8, 4) is 16.9 Å². The second-order valence-electron chi connectivity index (χ2n) is 10.7. The highest BCUT2D eigenvalue weighted by Gasteiger charge is 2.21. The van der Waals surface area contributed by atoms with Gasteiger partial charge in [0.05, 0.1) is 17.9 Å². The molecule has 39 heavy (non-hydrogen) atoms. The van der Waals surface area contributed by atoms with Crippen LogP contribution in [-0.2, 0) is 25.9 Å². The zero-order chi connectivity index (χ0) is 28.1.